The third-order valence-corrected chi connectivity index (χ3v) is 3.15. The number of hydrogen-bond donors (Lipinski definition) is 1. The van der Waals surface area contributed by atoms with Gasteiger partial charge in [-0.2, -0.15) is 13.2 Å². The van der Waals surface area contributed by atoms with E-state index >= 15 is 0 Å². The molecule has 3 nitrogen and oxygen atoms in total. The Hall–Kier alpha value is -1.76. The number of hydrogen-bond acceptors (Lipinski definition) is 3. The van der Waals surface area contributed by atoms with E-state index in [2.05, 4.69) is 26.2 Å². The van der Waals surface area contributed by atoms with Gasteiger partial charge in [0.2, 0.25) is 5.88 Å². The van der Waals surface area contributed by atoms with E-state index in [9.17, 15) is 13.2 Å². The van der Waals surface area contributed by atoms with Crippen molar-refractivity contribution >= 4 is 21.6 Å². The van der Waals surface area contributed by atoms with E-state index in [1.54, 1.807) is 24.3 Å². The summed E-state index contributed by atoms with van der Waals surface area (Å²) in [5.41, 5.74) is 0.321. The summed E-state index contributed by atoms with van der Waals surface area (Å²) in [5, 5.41) is 2.92. The Morgan fingerprint density at radius 2 is 2.00 bits per heavy atom. The fraction of sp³-hybridized carbons (Fsp3) is 0.214. The van der Waals surface area contributed by atoms with Gasteiger partial charge in [-0.1, -0.05) is 22.0 Å². The minimum atomic E-state index is -4.38. The van der Waals surface area contributed by atoms with Gasteiger partial charge in [0.05, 0.1) is 24.9 Å². The van der Waals surface area contributed by atoms with Crippen LogP contribution in [0.3, 0.4) is 0 Å². The van der Waals surface area contributed by atoms with E-state index in [1.165, 1.54) is 7.11 Å². The van der Waals surface area contributed by atoms with Gasteiger partial charge in [0.1, 0.15) is 0 Å². The molecule has 0 radical (unpaired) electrons. The lowest BCUT2D eigenvalue weighted by Gasteiger charge is -2.12. The Bertz CT molecular complexity index is 632. The van der Waals surface area contributed by atoms with Gasteiger partial charge in [-0.25, -0.2) is 4.98 Å². The van der Waals surface area contributed by atoms with Gasteiger partial charge in [0.15, 0.2) is 0 Å². The summed E-state index contributed by atoms with van der Waals surface area (Å²) in [6.07, 6.45) is -4.38. The predicted octanol–water partition coefficient (Wildman–Crippen LogP) is 4.48. The van der Waals surface area contributed by atoms with Crippen LogP contribution in [0.15, 0.2) is 40.9 Å². The van der Waals surface area contributed by atoms with Gasteiger partial charge in [0, 0.05) is 16.2 Å². The Labute approximate surface area is 128 Å². The van der Waals surface area contributed by atoms with E-state index < -0.39 is 11.7 Å². The normalized spacial score (nSPS) is 11.3. The van der Waals surface area contributed by atoms with Gasteiger partial charge < -0.3 is 10.1 Å². The molecule has 7 heteroatoms. The summed E-state index contributed by atoms with van der Waals surface area (Å²) in [7, 11) is 1.50. The molecule has 1 aromatic heterocycles. The summed E-state index contributed by atoms with van der Waals surface area (Å²) >= 11 is 3.08. The Morgan fingerprint density at radius 1 is 1.24 bits per heavy atom. The topological polar surface area (TPSA) is 34.1 Å². The minimum absolute atomic E-state index is 0.297. The monoisotopic (exact) mass is 360 g/mol. The average Bonchev–Trinajstić information content (AvgIpc) is 2.44. The van der Waals surface area contributed by atoms with Crippen molar-refractivity contribution < 1.29 is 17.9 Å². The SMILES string of the molecule is COc1cccc(CNc2cc(Br)cc(C(F)(F)F)c2)n1. The first-order chi connectivity index (χ1) is 9.88. The second-order valence-corrected chi connectivity index (χ2v) is 5.17. The van der Waals surface area contributed by atoms with Crippen LogP contribution in [0.25, 0.3) is 0 Å². The van der Waals surface area contributed by atoms with E-state index in [0.717, 1.165) is 12.1 Å². The molecule has 0 atom stereocenters. The Kier molecular flexibility index (Phi) is 4.72. The molecule has 2 aromatic rings. The van der Waals surface area contributed by atoms with Gasteiger partial charge in [0.25, 0.3) is 0 Å². The molecule has 0 saturated heterocycles. The number of nitrogens with one attached hydrogen (secondary N) is 1. The smallest absolute Gasteiger partial charge is 0.416 e. The molecule has 0 bridgehead atoms. The van der Waals surface area contributed by atoms with Crippen molar-refractivity contribution in [2.45, 2.75) is 12.7 Å². The number of halogens is 4. The van der Waals surface area contributed by atoms with Crippen molar-refractivity contribution in [1.82, 2.24) is 4.98 Å². The number of aromatic nitrogens is 1. The summed E-state index contributed by atoms with van der Waals surface area (Å²) in [6.45, 7) is 0.297. The number of rotatable bonds is 4. The predicted molar refractivity (Wildman–Crippen MR) is 77.3 cm³/mol. The van der Waals surface area contributed by atoms with Crippen molar-refractivity contribution in [3.8, 4) is 5.88 Å². The molecule has 0 fully saturated rings. The number of ether oxygens (including phenoxy) is 1. The lowest BCUT2D eigenvalue weighted by molar-refractivity contribution is -0.137. The van der Waals surface area contributed by atoms with Crippen LogP contribution in [-0.2, 0) is 12.7 Å². The maximum atomic E-state index is 12.7. The van der Waals surface area contributed by atoms with Gasteiger partial charge in [-0.05, 0) is 24.3 Å². The highest BCUT2D eigenvalue weighted by Gasteiger charge is 2.31. The molecular formula is C14H12BrF3N2O. The summed E-state index contributed by atoms with van der Waals surface area (Å²) in [6, 6.07) is 8.91. The lowest BCUT2D eigenvalue weighted by Crippen LogP contribution is -2.07. The zero-order valence-corrected chi connectivity index (χ0v) is 12.6. The molecule has 1 heterocycles. The van der Waals surface area contributed by atoms with E-state index in [0.29, 0.717) is 28.3 Å². The quantitative estimate of drug-likeness (QED) is 0.872. The van der Waals surface area contributed by atoms with Crippen LogP contribution in [0.1, 0.15) is 11.3 Å². The van der Waals surface area contributed by atoms with Crippen molar-refractivity contribution in [2.24, 2.45) is 0 Å². The fourth-order valence-electron chi connectivity index (χ4n) is 1.72. The molecule has 0 aliphatic heterocycles. The first-order valence-electron chi connectivity index (χ1n) is 6.00. The Balaban J connectivity index is 2.14. The van der Waals surface area contributed by atoms with Gasteiger partial charge in [-0.15, -0.1) is 0 Å². The molecule has 2 rings (SSSR count). The zero-order chi connectivity index (χ0) is 15.5. The molecule has 0 saturated carbocycles. The van der Waals surface area contributed by atoms with E-state index in [4.69, 9.17) is 4.74 Å². The third kappa shape index (κ3) is 4.35. The number of anilines is 1. The fourth-order valence-corrected chi connectivity index (χ4v) is 2.21. The summed E-state index contributed by atoms with van der Waals surface area (Å²) < 4.78 is 43.6. The molecule has 0 unspecified atom stereocenters. The van der Waals surface area contributed by atoms with Crippen LogP contribution in [0, 0.1) is 0 Å². The second kappa shape index (κ2) is 6.34. The van der Waals surface area contributed by atoms with Crippen LogP contribution in [0.2, 0.25) is 0 Å². The molecule has 21 heavy (non-hydrogen) atoms. The standard InChI is InChI=1S/C14H12BrF3N2O/c1-21-13-4-2-3-11(20-13)8-19-12-6-9(14(16,17)18)5-10(15)7-12/h2-7,19H,8H2,1H3. The van der Waals surface area contributed by atoms with Gasteiger partial charge in [-0.3, -0.25) is 0 Å². The molecule has 0 aliphatic carbocycles. The summed E-state index contributed by atoms with van der Waals surface area (Å²) in [4.78, 5) is 4.18. The number of pyridine rings is 1. The highest BCUT2D eigenvalue weighted by Crippen LogP contribution is 2.33. The lowest BCUT2D eigenvalue weighted by atomic mass is 10.2. The largest absolute Gasteiger partial charge is 0.481 e. The first-order valence-corrected chi connectivity index (χ1v) is 6.79. The molecule has 1 N–H and O–H groups in total. The van der Waals surface area contributed by atoms with Crippen molar-refractivity contribution in [3.63, 3.8) is 0 Å². The first kappa shape index (κ1) is 15.6. The second-order valence-electron chi connectivity index (χ2n) is 4.25. The van der Waals surface area contributed by atoms with Crippen molar-refractivity contribution in [1.29, 1.82) is 0 Å². The Morgan fingerprint density at radius 3 is 2.67 bits per heavy atom. The molecule has 0 amide bonds. The maximum Gasteiger partial charge on any atom is 0.416 e. The molecule has 112 valence electrons. The van der Waals surface area contributed by atoms with Crippen molar-refractivity contribution in [2.75, 3.05) is 12.4 Å². The van der Waals surface area contributed by atoms with E-state index in [1.807, 2.05) is 0 Å². The minimum Gasteiger partial charge on any atom is -0.481 e. The van der Waals surface area contributed by atoms with Crippen molar-refractivity contribution in [3.05, 3.63) is 52.1 Å². The van der Waals surface area contributed by atoms with Gasteiger partial charge >= 0.3 is 6.18 Å². The highest BCUT2D eigenvalue weighted by molar-refractivity contribution is 9.10. The van der Waals surface area contributed by atoms with Crippen LogP contribution < -0.4 is 10.1 Å². The number of alkyl halides is 3. The summed E-state index contributed by atoms with van der Waals surface area (Å²) in [5.74, 6) is 0.458. The van der Waals surface area contributed by atoms with E-state index in [-0.39, 0.29) is 0 Å². The molecule has 1 aromatic carbocycles. The molecule has 0 aliphatic rings. The number of benzene rings is 1. The van der Waals surface area contributed by atoms with Crippen LogP contribution >= 0.6 is 15.9 Å². The highest BCUT2D eigenvalue weighted by atomic mass is 79.9. The number of methoxy groups -OCH3 is 1. The maximum absolute atomic E-state index is 12.7. The van der Waals surface area contributed by atoms with Crippen LogP contribution in [0.5, 0.6) is 5.88 Å². The average molecular weight is 361 g/mol. The number of nitrogens with zero attached hydrogens (tertiary/aromatic N) is 1. The molecular weight excluding hydrogens is 349 g/mol. The zero-order valence-electron chi connectivity index (χ0n) is 11.0. The van der Waals surface area contributed by atoms with Crippen LogP contribution in [-0.4, -0.2) is 12.1 Å². The third-order valence-electron chi connectivity index (χ3n) is 2.69. The molecule has 0 spiro atoms. The van der Waals surface area contributed by atoms with Crippen LogP contribution in [0.4, 0.5) is 18.9 Å².